The van der Waals surface area contributed by atoms with Gasteiger partial charge in [-0.2, -0.15) is 5.10 Å². The Morgan fingerprint density at radius 1 is 1.22 bits per heavy atom. The molecule has 1 N–H and O–H groups in total. The minimum atomic E-state index is -0.442. The van der Waals surface area contributed by atoms with Crippen LogP contribution in [0.5, 0.6) is 5.75 Å². The van der Waals surface area contributed by atoms with Gasteiger partial charge in [-0.15, -0.1) is 0 Å². The second-order valence-corrected chi connectivity index (χ2v) is 5.01. The Bertz CT molecular complexity index is 827. The van der Waals surface area contributed by atoms with E-state index in [0.29, 0.717) is 17.2 Å². The van der Waals surface area contributed by atoms with Crippen molar-refractivity contribution < 1.29 is 9.66 Å². The minimum absolute atomic E-state index is 0.0345. The summed E-state index contributed by atoms with van der Waals surface area (Å²) in [6, 6.07) is 13.8. The van der Waals surface area contributed by atoms with Crippen LogP contribution in [-0.2, 0) is 6.61 Å². The lowest BCUT2D eigenvalue weighted by Crippen LogP contribution is -1.97. The Kier molecular flexibility index (Phi) is 4.01. The van der Waals surface area contributed by atoms with Gasteiger partial charge in [0.25, 0.3) is 5.69 Å². The first-order valence-electron chi connectivity index (χ1n) is 6.97. The van der Waals surface area contributed by atoms with E-state index in [1.54, 1.807) is 12.1 Å². The molecule has 0 unspecified atom stereocenters. The van der Waals surface area contributed by atoms with Crippen molar-refractivity contribution in [1.82, 2.24) is 15.2 Å². The molecule has 23 heavy (non-hydrogen) atoms. The van der Waals surface area contributed by atoms with Gasteiger partial charge < -0.3 is 4.74 Å². The van der Waals surface area contributed by atoms with Crippen molar-refractivity contribution in [3.63, 3.8) is 0 Å². The highest BCUT2D eigenvalue weighted by Gasteiger charge is 2.09. The summed E-state index contributed by atoms with van der Waals surface area (Å²) >= 11 is 0. The maximum absolute atomic E-state index is 10.6. The number of hydrogen-bond acceptors (Lipinski definition) is 5. The highest BCUT2D eigenvalue weighted by Crippen LogP contribution is 2.19. The summed E-state index contributed by atoms with van der Waals surface area (Å²) in [5, 5.41) is 17.6. The van der Waals surface area contributed by atoms with Crippen molar-refractivity contribution >= 4 is 5.69 Å². The van der Waals surface area contributed by atoms with Gasteiger partial charge in [0, 0.05) is 17.7 Å². The maximum atomic E-state index is 10.6. The van der Waals surface area contributed by atoms with E-state index < -0.39 is 4.92 Å². The molecule has 0 radical (unpaired) electrons. The van der Waals surface area contributed by atoms with Crippen molar-refractivity contribution in [3.05, 3.63) is 70.0 Å². The molecule has 0 fully saturated rings. The number of nitro benzene ring substituents is 1. The first-order chi connectivity index (χ1) is 11.1. The largest absolute Gasteiger partial charge is 0.486 e. The summed E-state index contributed by atoms with van der Waals surface area (Å²) in [5.41, 5.74) is 1.85. The van der Waals surface area contributed by atoms with E-state index in [-0.39, 0.29) is 12.3 Å². The standard InChI is InChI=1S/C16H14N4O3/c1-11-3-2-4-14(9-11)23-10-15-17-16(19-18-15)12-5-7-13(8-6-12)20(21)22/h2-9H,10H2,1H3,(H,17,18,19). The van der Waals surface area contributed by atoms with Crippen LogP contribution in [0.15, 0.2) is 48.5 Å². The molecule has 3 aromatic rings. The average molecular weight is 310 g/mol. The summed E-state index contributed by atoms with van der Waals surface area (Å²) in [6.07, 6.45) is 0. The Hall–Kier alpha value is -3.22. The van der Waals surface area contributed by atoms with Gasteiger partial charge in [-0.25, -0.2) is 4.98 Å². The van der Waals surface area contributed by atoms with E-state index in [9.17, 15) is 10.1 Å². The predicted octanol–water partition coefficient (Wildman–Crippen LogP) is 3.27. The summed E-state index contributed by atoms with van der Waals surface area (Å²) < 4.78 is 5.65. The molecule has 0 aliphatic carbocycles. The lowest BCUT2D eigenvalue weighted by atomic mass is 10.2. The monoisotopic (exact) mass is 310 g/mol. The zero-order valence-electron chi connectivity index (χ0n) is 12.4. The molecular formula is C16H14N4O3. The zero-order chi connectivity index (χ0) is 16.2. The molecule has 7 heteroatoms. The fourth-order valence-corrected chi connectivity index (χ4v) is 2.08. The summed E-state index contributed by atoms with van der Waals surface area (Å²) in [6.45, 7) is 2.26. The third-order valence-electron chi connectivity index (χ3n) is 3.23. The van der Waals surface area contributed by atoms with Crippen molar-refractivity contribution in [2.24, 2.45) is 0 Å². The first kappa shape index (κ1) is 14.7. The molecule has 0 aliphatic rings. The van der Waals surface area contributed by atoms with E-state index in [1.165, 1.54) is 12.1 Å². The van der Waals surface area contributed by atoms with Gasteiger partial charge in [0.2, 0.25) is 0 Å². The number of nitro groups is 1. The molecule has 0 bridgehead atoms. The van der Waals surface area contributed by atoms with Crippen LogP contribution >= 0.6 is 0 Å². The summed E-state index contributed by atoms with van der Waals surface area (Å²) in [5.74, 6) is 1.82. The normalized spacial score (nSPS) is 10.5. The van der Waals surface area contributed by atoms with Crippen LogP contribution < -0.4 is 4.74 Å². The third kappa shape index (κ3) is 3.52. The van der Waals surface area contributed by atoms with E-state index in [1.807, 2.05) is 31.2 Å². The van der Waals surface area contributed by atoms with E-state index >= 15 is 0 Å². The van der Waals surface area contributed by atoms with Crippen molar-refractivity contribution in [2.75, 3.05) is 0 Å². The number of benzene rings is 2. The van der Waals surface area contributed by atoms with Crippen molar-refractivity contribution in [1.29, 1.82) is 0 Å². The van der Waals surface area contributed by atoms with Crippen LogP contribution in [0, 0.1) is 17.0 Å². The number of hydrogen-bond donors (Lipinski definition) is 1. The van der Waals surface area contributed by atoms with Crippen LogP contribution in [0.3, 0.4) is 0 Å². The number of aryl methyl sites for hydroxylation is 1. The number of aromatic nitrogens is 3. The molecule has 0 amide bonds. The maximum Gasteiger partial charge on any atom is 0.269 e. The quantitative estimate of drug-likeness (QED) is 0.576. The Morgan fingerprint density at radius 3 is 2.70 bits per heavy atom. The highest BCUT2D eigenvalue weighted by molar-refractivity contribution is 5.56. The lowest BCUT2D eigenvalue weighted by Gasteiger charge is -2.04. The fourth-order valence-electron chi connectivity index (χ4n) is 2.08. The number of nitrogens with zero attached hydrogens (tertiary/aromatic N) is 3. The van der Waals surface area contributed by atoms with Gasteiger partial charge in [0.05, 0.1) is 4.92 Å². The van der Waals surface area contributed by atoms with Gasteiger partial charge in [-0.05, 0) is 36.8 Å². The van der Waals surface area contributed by atoms with Crippen molar-refractivity contribution in [2.45, 2.75) is 13.5 Å². The second-order valence-electron chi connectivity index (χ2n) is 5.01. The average Bonchev–Trinajstić information content (AvgIpc) is 3.02. The second kappa shape index (κ2) is 6.27. The lowest BCUT2D eigenvalue weighted by molar-refractivity contribution is -0.384. The minimum Gasteiger partial charge on any atom is -0.486 e. The number of aromatic amines is 1. The van der Waals surface area contributed by atoms with Crippen LogP contribution in [0.1, 0.15) is 11.4 Å². The molecule has 0 aliphatic heterocycles. The van der Waals surface area contributed by atoms with Crippen LogP contribution in [-0.4, -0.2) is 20.1 Å². The van der Waals surface area contributed by atoms with Gasteiger partial charge in [0.15, 0.2) is 11.6 Å². The predicted molar refractivity (Wildman–Crippen MR) is 84.0 cm³/mol. The van der Waals surface area contributed by atoms with Crippen molar-refractivity contribution in [3.8, 4) is 17.1 Å². The number of H-pyrrole nitrogens is 1. The fraction of sp³-hybridized carbons (Fsp3) is 0.125. The van der Waals surface area contributed by atoms with E-state index in [4.69, 9.17) is 4.74 Å². The SMILES string of the molecule is Cc1cccc(OCc2nc(-c3ccc([N+](=O)[O-])cc3)n[nH]2)c1. The topological polar surface area (TPSA) is 93.9 Å². The molecule has 7 nitrogen and oxygen atoms in total. The molecule has 1 aromatic heterocycles. The molecule has 0 saturated heterocycles. The highest BCUT2D eigenvalue weighted by atomic mass is 16.6. The molecule has 0 saturated carbocycles. The Morgan fingerprint density at radius 2 is 2.00 bits per heavy atom. The molecule has 116 valence electrons. The van der Waals surface area contributed by atoms with Gasteiger partial charge in [-0.1, -0.05) is 12.1 Å². The number of nitrogens with one attached hydrogen (secondary N) is 1. The van der Waals surface area contributed by atoms with Crippen LogP contribution in [0.4, 0.5) is 5.69 Å². The number of ether oxygens (including phenoxy) is 1. The molecule has 1 heterocycles. The summed E-state index contributed by atoms with van der Waals surface area (Å²) in [4.78, 5) is 14.5. The number of rotatable bonds is 5. The smallest absolute Gasteiger partial charge is 0.269 e. The van der Waals surface area contributed by atoms with Crippen LogP contribution in [0.25, 0.3) is 11.4 Å². The van der Waals surface area contributed by atoms with Gasteiger partial charge in [0.1, 0.15) is 12.4 Å². The summed E-state index contributed by atoms with van der Waals surface area (Å²) in [7, 11) is 0. The zero-order valence-corrected chi connectivity index (χ0v) is 12.4. The molecule has 3 rings (SSSR count). The van der Waals surface area contributed by atoms with E-state index in [2.05, 4.69) is 15.2 Å². The molecule has 0 spiro atoms. The van der Waals surface area contributed by atoms with E-state index in [0.717, 1.165) is 11.3 Å². The Labute approximate surface area is 132 Å². The van der Waals surface area contributed by atoms with Crippen LogP contribution in [0.2, 0.25) is 0 Å². The number of non-ortho nitro benzene ring substituents is 1. The third-order valence-corrected chi connectivity index (χ3v) is 3.23. The van der Waals surface area contributed by atoms with Gasteiger partial charge >= 0.3 is 0 Å². The van der Waals surface area contributed by atoms with Gasteiger partial charge in [-0.3, -0.25) is 15.2 Å². The molecule has 0 atom stereocenters. The Balaban J connectivity index is 1.69. The molecular weight excluding hydrogens is 296 g/mol. The molecule has 2 aromatic carbocycles. The first-order valence-corrected chi connectivity index (χ1v) is 6.97.